The molecular formula is C9H14NO4P. The fourth-order valence-electron chi connectivity index (χ4n) is 1.17. The Kier molecular flexibility index (Phi) is 4.45. The average Bonchev–Trinajstić information content (AvgIpc) is 2.15. The summed E-state index contributed by atoms with van der Waals surface area (Å²) in [4.78, 5) is 16.9. The van der Waals surface area contributed by atoms with Gasteiger partial charge in [0.25, 0.3) is 0 Å². The van der Waals surface area contributed by atoms with Crippen molar-refractivity contribution in [2.75, 3.05) is 6.61 Å². The molecule has 0 unspecified atom stereocenters. The Balaban J connectivity index is 2.37. The molecule has 84 valence electrons. The number of nitrogens with two attached hydrogens (primary N) is 1. The van der Waals surface area contributed by atoms with Crippen molar-refractivity contribution in [3.05, 3.63) is 35.9 Å². The van der Waals surface area contributed by atoms with Crippen LogP contribution in [0.1, 0.15) is 5.56 Å². The minimum Gasteiger partial charge on any atom is -0.325 e. The average molecular weight is 231 g/mol. The highest BCUT2D eigenvalue weighted by atomic mass is 31.2. The Bertz CT molecular complexity index is 337. The van der Waals surface area contributed by atoms with E-state index in [2.05, 4.69) is 4.52 Å². The van der Waals surface area contributed by atoms with E-state index in [0.717, 1.165) is 5.56 Å². The van der Waals surface area contributed by atoms with Gasteiger partial charge < -0.3 is 15.5 Å². The van der Waals surface area contributed by atoms with Gasteiger partial charge in [0.1, 0.15) is 0 Å². The van der Waals surface area contributed by atoms with Crippen molar-refractivity contribution < 1.29 is 18.9 Å². The van der Waals surface area contributed by atoms with Crippen LogP contribution < -0.4 is 5.73 Å². The number of hydrogen-bond acceptors (Lipinski definition) is 3. The van der Waals surface area contributed by atoms with Crippen LogP contribution in [0.3, 0.4) is 0 Å². The third kappa shape index (κ3) is 5.67. The zero-order valence-corrected chi connectivity index (χ0v) is 9.01. The third-order valence-electron chi connectivity index (χ3n) is 1.80. The molecule has 15 heavy (non-hydrogen) atoms. The van der Waals surface area contributed by atoms with E-state index in [1.54, 1.807) is 0 Å². The van der Waals surface area contributed by atoms with Crippen LogP contribution in [-0.4, -0.2) is 22.4 Å². The second kappa shape index (κ2) is 5.39. The summed E-state index contributed by atoms with van der Waals surface area (Å²) in [6.07, 6.45) is 0.529. The molecule has 1 aromatic carbocycles. The second-order valence-electron chi connectivity index (χ2n) is 3.24. The van der Waals surface area contributed by atoms with Gasteiger partial charge in [0.05, 0.1) is 6.61 Å². The number of rotatable bonds is 5. The SMILES string of the molecule is N[C@H](COP(=O)(O)O)Cc1ccccc1. The van der Waals surface area contributed by atoms with Gasteiger partial charge in [0.15, 0.2) is 0 Å². The van der Waals surface area contributed by atoms with E-state index in [1.165, 1.54) is 0 Å². The van der Waals surface area contributed by atoms with Crippen LogP contribution >= 0.6 is 7.82 Å². The first-order valence-corrected chi connectivity index (χ1v) is 6.00. The van der Waals surface area contributed by atoms with Crippen molar-refractivity contribution in [3.8, 4) is 0 Å². The first-order valence-electron chi connectivity index (χ1n) is 4.47. The van der Waals surface area contributed by atoms with E-state index in [-0.39, 0.29) is 6.61 Å². The molecule has 1 atom stereocenters. The van der Waals surface area contributed by atoms with Crippen molar-refractivity contribution in [2.45, 2.75) is 12.5 Å². The summed E-state index contributed by atoms with van der Waals surface area (Å²) in [5.74, 6) is 0. The summed E-state index contributed by atoms with van der Waals surface area (Å²) in [6, 6.07) is 9.04. The zero-order valence-electron chi connectivity index (χ0n) is 8.11. The molecule has 1 aromatic rings. The molecule has 0 aliphatic heterocycles. The quantitative estimate of drug-likeness (QED) is 0.647. The third-order valence-corrected chi connectivity index (χ3v) is 2.28. The van der Waals surface area contributed by atoms with Gasteiger partial charge >= 0.3 is 7.82 Å². The fraction of sp³-hybridized carbons (Fsp3) is 0.333. The van der Waals surface area contributed by atoms with Gasteiger partial charge in [-0.25, -0.2) is 4.57 Å². The number of hydrogen-bond donors (Lipinski definition) is 3. The van der Waals surface area contributed by atoms with Crippen molar-refractivity contribution in [2.24, 2.45) is 5.73 Å². The molecule has 0 aliphatic carbocycles. The molecule has 0 bridgehead atoms. The van der Waals surface area contributed by atoms with Gasteiger partial charge in [-0.15, -0.1) is 0 Å². The maximum atomic E-state index is 10.4. The Morgan fingerprint density at radius 2 is 1.93 bits per heavy atom. The molecule has 0 saturated carbocycles. The number of phosphoric acid groups is 1. The van der Waals surface area contributed by atoms with Crippen LogP contribution in [0.15, 0.2) is 30.3 Å². The van der Waals surface area contributed by atoms with E-state index in [0.29, 0.717) is 6.42 Å². The van der Waals surface area contributed by atoms with E-state index in [4.69, 9.17) is 15.5 Å². The van der Waals surface area contributed by atoms with Gasteiger partial charge in [-0.3, -0.25) is 4.52 Å². The van der Waals surface area contributed by atoms with Crippen LogP contribution in [0.2, 0.25) is 0 Å². The van der Waals surface area contributed by atoms with E-state index in [9.17, 15) is 4.57 Å². The first-order chi connectivity index (χ1) is 6.97. The highest BCUT2D eigenvalue weighted by Gasteiger charge is 2.16. The summed E-state index contributed by atoms with van der Waals surface area (Å²) in [5.41, 5.74) is 6.66. The Hall–Kier alpha value is -0.710. The van der Waals surface area contributed by atoms with Crippen LogP contribution in [0.25, 0.3) is 0 Å². The van der Waals surface area contributed by atoms with Crippen LogP contribution in [-0.2, 0) is 15.5 Å². The molecule has 0 aliphatic rings. The molecule has 0 amide bonds. The topological polar surface area (TPSA) is 92.8 Å². The Morgan fingerprint density at radius 1 is 1.33 bits per heavy atom. The molecule has 0 saturated heterocycles. The first kappa shape index (κ1) is 12.4. The van der Waals surface area contributed by atoms with Crippen molar-refractivity contribution in [1.29, 1.82) is 0 Å². The lowest BCUT2D eigenvalue weighted by Gasteiger charge is -2.12. The Morgan fingerprint density at radius 3 is 2.47 bits per heavy atom. The molecule has 0 heterocycles. The maximum absolute atomic E-state index is 10.4. The fourth-order valence-corrected chi connectivity index (χ4v) is 1.55. The highest BCUT2D eigenvalue weighted by Crippen LogP contribution is 2.35. The molecule has 5 nitrogen and oxygen atoms in total. The summed E-state index contributed by atoms with van der Waals surface area (Å²) in [7, 11) is -4.40. The largest absolute Gasteiger partial charge is 0.469 e. The monoisotopic (exact) mass is 231 g/mol. The van der Waals surface area contributed by atoms with Crippen LogP contribution in [0.4, 0.5) is 0 Å². The molecule has 4 N–H and O–H groups in total. The molecule has 0 aromatic heterocycles. The van der Waals surface area contributed by atoms with Gasteiger partial charge in [-0.2, -0.15) is 0 Å². The smallest absolute Gasteiger partial charge is 0.325 e. The van der Waals surface area contributed by atoms with Crippen molar-refractivity contribution >= 4 is 7.82 Å². The molecule has 0 spiro atoms. The molecular weight excluding hydrogens is 217 g/mol. The lowest BCUT2D eigenvalue weighted by atomic mass is 10.1. The van der Waals surface area contributed by atoms with E-state index in [1.807, 2.05) is 30.3 Å². The van der Waals surface area contributed by atoms with E-state index < -0.39 is 13.9 Å². The summed E-state index contributed by atoms with van der Waals surface area (Å²) < 4.78 is 14.7. The second-order valence-corrected chi connectivity index (χ2v) is 4.48. The van der Waals surface area contributed by atoms with Crippen LogP contribution in [0.5, 0.6) is 0 Å². The Labute approximate surface area is 88.1 Å². The predicted molar refractivity (Wildman–Crippen MR) is 56.1 cm³/mol. The normalized spacial score (nSPS) is 13.8. The number of benzene rings is 1. The van der Waals surface area contributed by atoms with Gasteiger partial charge in [-0.1, -0.05) is 30.3 Å². The molecule has 1 rings (SSSR count). The van der Waals surface area contributed by atoms with Crippen molar-refractivity contribution in [3.63, 3.8) is 0 Å². The molecule has 0 radical (unpaired) electrons. The molecule has 0 fully saturated rings. The minimum absolute atomic E-state index is 0.154. The summed E-state index contributed by atoms with van der Waals surface area (Å²) in [5, 5.41) is 0. The lowest BCUT2D eigenvalue weighted by Crippen LogP contribution is -2.28. The van der Waals surface area contributed by atoms with Gasteiger partial charge in [-0.05, 0) is 12.0 Å². The zero-order chi connectivity index (χ0) is 11.3. The van der Waals surface area contributed by atoms with Crippen LogP contribution in [0, 0.1) is 0 Å². The highest BCUT2D eigenvalue weighted by molar-refractivity contribution is 7.46. The predicted octanol–water partition coefficient (Wildman–Crippen LogP) is 0.666. The van der Waals surface area contributed by atoms with Gasteiger partial charge in [0.2, 0.25) is 0 Å². The van der Waals surface area contributed by atoms with E-state index >= 15 is 0 Å². The number of phosphoric ester groups is 1. The molecule has 6 heteroatoms. The standard InChI is InChI=1S/C9H14NO4P/c10-9(7-14-15(11,12)13)6-8-4-2-1-3-5-8/h1-5,9H,6-7,10H2,(H2,11,12,13)/t9-/m0/s1. The summed E-state index contributed by atoms with van der Waals surface area (Å²) in [6.45, 7) is -0.154. The summed E-state index contributed by atoms with van der Waals surface area (Å²) >= 11 is 0. The minimum atomic E-state index is -4.40. The van der Waals surface area contributed by atoms with Gasteiger partial charge in [0, 0.05) is 6.04 Å². The van der Waals surface area contributed by atoms with Crippen molar-refractivity contribution in [1.82, 2.24) is 0 Å². The lowest BCUT2D eigenvalue weighted by molar-refractivity contribution is 0.186. The maximum Gasteiger partial charge on any atom is 0.469 e.